The largest absolute Gasteiger partial charge is 0.508 e. The Hall–Kier alpha value is -1.02. The predicted octanol–water partition coefficient (Wildman–Crippen LogP) is 2.80. The van der Waals surface area contributed by atoms with Gasteiger partial charge in [-0.05, 0) is 32.4 Å². The first-order chi connectivity index (χ1) is 6.16. The van der Waals surface area contributed by atoms with Gasteiger partial charge in [0.05, 0.1) is 6.10 Å². The van der Waals surface area contributed by atoms with Crippen molar-refractivity contribution in [1.82, 2.24) is 0 Å². The lowest BCUT2D eigenvalue weighted by Gasteiger charge is -2.15. The van der Waals surface area contributed by atoms with E-state index in [2.05, 4.69) is 0 Å². The van der Waals surface area contributed by atoms with E-state index in [0.717, 1.165) is 11.1 Å². The summed E-state index contributed by atoms with van der Waals surface area (Å²) >= 11 is 0. The number of aromatic hydroxyl groups is 1. The summed E-state index contributed by atoms with van der Waals surface area (Å²) in [4.78, 5) is 0. The second-order valence-corrected chi connectivity index (χ2v) is 3.11. The third-order valence-corrected chi connectivity index (χ3v) is 2.12. The minimum Gasteiger partial charge on any atom is -0.508 e. The number of hydrogen-bond acceptors (Lipinski definition) is 2. The smallest absolute Gasteiger partial charge is 0.121 e. The first-order valence-corrected chi connectivity index (χ1v) is 4.57. The highest BCUT2D eigenvalue weighted by Gasteiger charge is 2.12. The number of aryl methyl sites for hydroxylation is 1. The van der Waals surface area contributed by atoms with Crippen LogP contribution >= 0.6 is 0 Å². The van der Waals surface area contributed by atoms with Crippen molar-refractivity contribution in [3.63, 3.8) is 0 Å². The van der Waals surface area contributed by atoms with Crippen molar-refractivity contribution in [1.29, 1.82) is 0 Å². The van der Waals surface area contributed by atoms with Gasteiger partial charge in [-0.2, -0.15) is 0 Å². The zero-order valence-corrected chi connectivity index (χ0v) is 8.37. The van der Waals surface area contributed by atoms with Crippen LogP contribution in [-0.2, 0) is 4.74 Å². The number of phenolic OH excluding ortho intramolecular Hbond substituents is 1. The molecule has 0 saturated carbocycles. The Bertz CT molecular complexity index is 261. The van der Waals surface area contributed by atoms with Gasteiger partial charge in [-0.1, -0.05) is 12.1 Å². The summed E-state index contributed by atoms with van der Waals surface area (Å²) in [7, 11) is 0. The molecule has 1 aromatic rings. The molecule has 0 aliphatic heterocycles. The average molecular weight is 180 g/mol. The van der Waals surface area contributed by atoms with Gasteiger partial charge in [0.25, 0.3) is 0 Å². The van der Waals surface area contributed by atoms with E-state index in [4.69, 9.17) is 4.74 Å². The van der Waals surface area contributed by atoms with Crippen molar-refractivity contribution >= 4 is 0 Å². The molecule has 0 radical (unpaired) electrons. The van der Waals surface area contributed by atoms with Gasteiger partial charge in [-0.15, -0.1) is 0 Å². The van der Waals surface area contributed by atoms with Crippen LogP contribution < -0.4 is 0 Å². The van der Waals surface area contributed by atoms with Gasteiger partial charge in [-0.25, -0.2) is 0 Å². The van der Waals surface area contributed by atoms with E-state index < -0.39 is 0 Å². The second-order valence-electron chi connectivity index (χ2n) is 3.11. The fourth-order valence-corrected chi connectivity index (χ4v) is 1.53. The molecule has 1 N–H and O–H groups in total. The SMILES string of the molecule is CCOC(C)c1c(C)cccc1O. The molecule has 2 nitrogen and oxygen atoms in total. The van der Waals surface area contributed by atoms with Gasteiger partial charge in [0.2, 0.25) is 0 Å². The second kappa shape index (κ2) is 4.28. The Labute approximate surface area is 79.2 Å². The molecule has 0 heterocycles. The lowest BCUT2D eigenvalue weighted by atomic mass is 10.0. The van der Waals surface area contributed by atoms with Crippen molar-refractivity contribution in [2.75, 3.05) is 6.61 Å². The van der Waals surface area contributed by atoms with Crippen molar-refractivity contribution in [3.05, 3.63) is 29.3 Å². The molecular formula is C11H16O2. The maximum Gasteiger partial charge on any atom is 0.121 e. The maximum absolute atomic E-state index is 9.61. The van der Waals surface area contributed by atoms with Crippen molar-refractivity contribution in [2.24, 2.45) is 0 Å². The third kappa shape index (κ3) is 2.22. The van der Waals surface area contributed by atoms with E-state index in [1.165, 1.54) is 0 Å². The van der Waals surface area contributed by atoms with E-state index in [-0.39, 0.29) is 6.10 Å². The van der Waals surface area contributed by atoms with Crippen LogP contribution in [0.1, 0.15) is 31.1 Å². The van der Waals surface area contributed by atoms with E-state index in [0.29, 0.717) is 12.4 Å². The zero-order valence-electron chi connectivity index (χ0n) is 8.37. The molecule has 1 aromatic carbocycles. The van der Waals surface area contributed by atoms with E-state index in [1.54, 1.807) is 6.07 Å². The highest BCUT2D eigenvalue weighted by atomic mass is 16.5. The summed E-state index contributed by atoms with van der Waals surface area (Å²) in [6.07, 6.45) is -0.0359. The first kappa shape index (κ1) is 10.1. The number of ether oxygens (including phenoxy) is 1. The molecule has 2 heteroatoms. The van der Waals surface area contributed by atoms with E-state index in [1.807, 2.05) is 32.9 Å². The number of benzene rings is 1. The molecule has 0 saturated heterocycles. The number of phenols is 1. The Morgan fingerprint density at radius 1 is 1.46 bits per heavy atom. The van der Waals surface area contributed by atoms with Crippen molar-refractivity contribution in [2.45, 2.75) is 26.9 Å². The van der Waals surface area contributed by atoms with E-state index >= 15 is 0 Å². The summed E-state index contributed by atoms with van der Waals surface area (Å²) in [5.74, 6) is 0.320. The van der Waals surface area contributed by atoms with Crippen LogP contribution in [0.2, 0.25) is 0 Å². The molecule has 1 atom stereocenters. The van der Waals surface area contributed by atoms with Gasteiger partial charge in [0.15, 0.2) is 0 Å². The molecule has 0 aliphatic carbocycles. The minimum absolute atomic E-state index is 0.0359. The molecule has 0 bridgehead atoms. The molecule has 0 aromatic heterocycles. The fourth-order valence-electron chi connectivity index (χ4n) is 1.53. The Morgan fingerprint density at radius 2 is 2.15 bits per heavy atom. The Balaban J connectivity index is 2.98. The van der Waals surface area contributed by atoms with Crippen LogP contribution in [-0.4, -0.2) is 11.7 Å². The summed E-state index contributed by atoms with van der Waals surface area (Å²) in [5, 5.41) is 9.61. The van der Waals surface area contributed by atoms with Crippen LogP contribution in [0.4, 0.5) is 0 Å². The van der Waals surface area contributed by atoms with Crippen LogP contribution in [0.3, 0.4) is 0 Å². The molecule has 72 valence electrons. The minimum atomic E-state index is -0.0359. The number of rotatable bonds is 3. The third-order valence-electron chi connectivity index (χ3n) is 2.12. The van der Waals surface area contributed by atoms with Crippen LogP contribution in [0.25, 0.3) is 0 Å². The van der Waals surface area contributed by atoms with Gasteiger partial charge < -0.3 is 9.84 Å². The van der Waals surface area contributed by atoms with Crippen molar-refractivity contribution in [3.8, 4) is 5.75 Å². The topological polar surface area (TPSA) is 29.5 Å². The summed E-state index contributed by atoms with van der Waals surface area (Å²) in [6, 6.07) is 5.51. The average Bonchev–Trinajstić information content (AvgIpc) is 2.04. The summed E-state index contributed by atoms with van der Waals surface area (Å²) in [6.45, 7) is 6.54. The van der Waals surface area contributed by atoms with Gasteiger partial charge in [-0.3, -0.25) is 0 Å². The quantitative estimate of drug-likeness (QED) is 0.775. The molecule has 1 unspecified atom stereocenters. The van der Waals surface area contributed by atoms with Crippen LogP contribution in [0, 0.1) is 6.92 Å². The molecule has 0 amide bonds. The Morgan fingerprint density at radius 3 is 2.69 bits per heavy atom. The molecular weight excluding hydrogens is 164 g/mol. The standard InChI is InChI=1S/C11H16O2/c1-4-13-9(3)11-8(2)6-5-7-10(11)12/h5-7,9,12H,4H2,1-3H3. The van der Waals surface area contributed by atoms with E-state index in [9.17, 15) is 5.11 Å². The fraction of sp³-hybridized carbons (Fsp3) is 0.455. The first-order valence-electron chi connectivity index (χ1n) is 4.57. The van der Waals surface area contributed by atoms with Crippen LogP contribution in [0.5, 0.6) is 5.75 Å². The molecule has 0 aliphatic rings. The molecule has 1 rings (SSSR count). The lowest BCUT2D eigenvalue weighted by molar-refractivity contribution is 0.0742. The normalized spacial score (nSPS) is 12.8. The van der Waals surface area contributed by atoms with Gasteiger partial charge >= 0.3 is 0 Å². The molecule has 0 fully saturated rings. The zero-order chi connectivity index (χ0) is 9.84. The highest BCUT2D eigenvalue weighted by Crippen LogP contribution is 2.29. The number of hydrogen-bond donors (Lipinski definition) is 1. The van der Waals surface area contributed by atoms with Crippen LogP contribution in [0.15, 0.2) is 18.2 Å². The van der Waals surface area contributed by atoms with Crippen molar-refractivity contribution < 1.29 is 9.84 Å². The van der Waals surface area contributed by atoms with Gasteiger partial charge in [0, 0.05) is 12.2 Å². The molecule has 0 spiro atoms. The Kier molecular flexibility index (Phi) is 3.32. The summed E-state index contributed by atoms with van der Waals surface area (Å²) in [5.41, 5.74) is 1.96. The lowest BCUT2D eigenvalue weighted by Crippen LogP contribution is -2.01. The predicted molar refractivity (Wildman–Crippen MR) is 52.9 cm³/mol. The monoisotopic (exact) mass is 180 g/mol. The highest BCUT2D eigenvalue weighted by molar-refractivity contribution is 5.39. The molecule has 13 heavy (non-hydrogen) atoms. The summed E-state index contributed by atoms with van der Waals surface area (Å²) < 4.78 is 5.43. The van der Waals surface area contributed by atoms with Gasteiger partial charge in [0.1, 0.15) is 5.75 Å². The maximum atomic E-state index is 9.61.